The molecule has 0 saturated heterocycles. The Morgan fingerprint density at radius 2 is 1.47 bits per heavy atom. The molecule has 0 fully saturated rings. The van der Waals surface area contributed by atoms with Crippen molar-refractivity contribution in [2.45, 2.75) is 72.8 Å². The van der Waals surface area contributed by atoms with Gasteiger partial charge in [-0.25, -0.2) is 0 Å². The SMILES string of the molecule is CCC.CCC(C)(C)N.CCCC(=O)O. The predicted octanol–water partition coefficient (Wildman–Crippen LogP) is 3.42. The van der Waals surface area contributed by atoms with Crippen molar-refractivity contribution in [3.63, 3.8) is 0 Å². The van der Waals surface area contributed by atoms with Gasteiger partial charge in [0.1, 0.15) is 0 Å². The molecule has 0 aromatic heterocycles. The molecular weight excluding hydrogens is 190 g/mol. The first-order valence-corrected chi connectivity index (χ1v) is 5.75. The highest BCUT2D eigenvalue weighted by Crippen LogP contribution is 1.99. The Hall–Kier alpha value is -0.570. The van der Waals surface area contributed by atoms with Gasteiger partial charge in [-0.3, -0.25) is 4.79 Å². The van der Waals surface area contributed by atoms with Crippen molar-refractivity contribution in [1.29, 1.82) is 0 Å². The van der Waals surface area contributed by atoms with E-state index in [0.717, 1.165) is 12.8 Å². The summed E-state index contributed by atoms with van der Waals surface area (Å²) in [5, 5.41) is 7.91. The summed E-state index contributed by atoms with van der Waals surface area (Å²) >= 11 is 0. The van der Waals surface area contributed by atoms with Crippen LogP contribution in [0.2, 0.25) is 0 Å². The lowest BCUT2D eigenvalue weighted by molar-refractivity contribution is -0.137. The number of rotatable bonds is 3. The van der Waals surface area contributed by atoms with Crippen molar-refractivity contribution in [2.75, 3.05) is 0 Å². The van der Waals surface area contributed by atoms with Crippen LogP contribution < -0.4 is 5.73 Å². The third-order valence-electron chi connectivity index (χ3n) is 1.38. The molecule has 0 aliphatic carbocycles. The number of hydrogen-bond donors (Lipinski definition) is 2. The number of nitrogens with two attached hydrogens (primary N) is 1. The van der Waals surface area contributed by atoms with E-state index in [-0.39, 0.29) is 5.54 Å². The molecule has 0 aliphatic rings. The van der Waals surface area contributed by atoms with Crippen LogP contribution in [0.1, 0.15) is 67.2 Å². The Bertz CT molecular complexity index is 128. The normalized spacial score (nSPS) is 9.27. The Morgan fingerprint density at radius 3 is 1.47 bits per heavy atom. The van der Waals surface area contributed by atoms with Gasteiger partial charge < -0.3 is 10.8 Å². The van der Waals surface area contributed by atoms with Crippen molar-refractivity contribution in [2.24, 2.45) is 5.73 Å². The van der Waals surface area contributed by atoms with E-state index in [1.54, 1.807) is 0 Å². The highest BCUT2D eigenvalue weighted by Gasteiger charge is 2.03. The van der Waals surface area contributed by atoms with Gasteiger partial charge in [0, 0.05) is 12.0 Å². The molecule has 0 heterocycles. The van der Waals surface area contributed by atoms with Gasteiger partial charge in [-0.15, -0.1) is 0 Å². The molecule has 0 aliphatic heterocycles. The van der Waals surface area contributed by atoms with Crippen LogP contribution in [-0.2, 0) is 4.79 Å². The van der Waals surface area contributed by atoms with E-state index in [1.807, 2.05) is 20.8 Å². The highest BCUT2D eigenvalue weighted by molar-refractivity contribution is 5.66. The molecule has 0 bridgehead atoms. The summed E-state index contributed by atoms with van der Waals surface area (Å²) in [4.78, 5) is 9.60. The Kier molecular flexibility index (Phi) is 17.8. The van der Waals surface area contributed by atoms with Crippen molar-refractivity contribution in [3.05, 3.63) is 0 Å². The zero-order valence-corrected chi connectivity index (χ0v) is 11.3. The van der Waals surface area contributed by atoms with Gasteiger partial charge in [0.2, 0.25) is 0 Å². The van der Waals surface area contributed by atoms with Crippen LogP contribution in [0.15, 0.2) is 0 Å². The minimum absolute atomic E-state index is 0.0417. The smallest absolute Gasteiger partial charge is 0.303 e. The molecule has 0 rings (SSSR count). The Labute approximate surface area is 95.1 Å². The van der Waals surface area contributed by atoms with Crippen LogP contribution >= 0.6 is 0 Å². The van der Waals surface area contributed by atoms with E-state index in [0.29, 0.717) is 6.42 Å². The van der Waals surface area contributed by atoms with Gasteiger partial charge in [-0.05, 0) is 26.7 Å². The van der Waals surface area contributed by atoms with Crippen LogP contribution in [-0.4, -0.2) is 16.6 Å². The molecule has 0 unspecified atom stereocenters. The summed E-state index contributed by atoms with van der Waals surface area (Å²) < 4.78 is 0. The minimum atomic E-state index is -0.711. The van der Waals surface area contributed by atoms with Gasteiger partial charge in [-0.2, -0.15) is 0 Å². The molecule has 0 saturated carbocycles. The maximum Gasteiger partial charge on any atom is 0.303 e. The first kappa shape index (κ1) is 19.9. The minimum Gasteiger partial charge on any atom is -0.481 e. The second kappa shape index (κ2) is 13.4. The van der Waals surface area contributed by atoms with Crippen molar-refractivity contribution < 1.29 is 9.90 Å². The summed E-state index contributed by atoms with van der Waals surface area (Å²) in [7, 11) is 0. The van der Waals surface area contributed by atoms with E-state index in [2.05, 4.69) is 20.8 Å². The molecular formula is C12H29NO2. The van der Waals surface area contributed by atoms with Gasteiger partial charge in [0.25, 0.3) is 0 Å². The fraction of sp³-hybridized carbons (Fsp3) is 0.917. The Morgan fingerprint density at radius 1 is 1.20 bits per heavy atom. The lowest BCUT2D eigenvalue weighted by Gasteiger charge is -2.13. The second-order valence-corrected chi connectivity index (χ2v) is 4.19. The van der Waals surface area contributed by atoms with Crippen LogP contribution in [0.25, 0.3) is 0 Å². The molecule has 15 heavy (non-hydrogen) atoms. The number of carbonyl (C=O) groups is 1. The molecule has 3 nitrogen and oxygen atoms in total. The molecule has 0 atom stereocenters. The Balaban J connectivity index is -0.000000153. The summed E-state index contributed by atoms with van der Waals surface area (Å²) in [6.45, 7) is 12.2. The van der Waals surface area contributed by atoms with Gasteiger partial charge in [0.05, 0.1) is 0 Å². The van der Waals surface area contributed by atoms with Crippen LogP contribution in [0.3, 0.4) is 0 Å². The number of carboxylic acids is 1. The predicted molar refractivity (Wildman–Crippen MR) is 67.1 cm³/mol. The van der Waals surface area contributed by atoms with E-state index >= 15 is 0 Å². The number of hydrogen-bond acceptors (Lipinski definition) is 2. The summed E-state index contributed by atoms with van der Waals surface area (Å²) in [5.74, 6) is -0.711. The zero-order valence-electron chi connectivity index (χ0n) is 11.3. The lowest BCUT2D eigenvalue weighted by Crippen LogP contribution is -2.30. The molecule has 0 spiro atoms. The quantitative estimate of drug-likeness (QED) is 0.764. The summed E-state index contributed by atoms with van der Waals surface area (Å²) in [6, 6.07) is 0. The molecule has 3 heteroatoms. The van der Waals surface area contributed by atoms with E-state index < -0.39 is 5.97 Å². The lowest BCUT2D eigenvalue weighted by atomic mass is 10.1. The summed E-state index contributed by atoms with van der Waals surface area (Å²) in [6.07, 6.45) is 3.32. The second-order valence-electron chi connectivity index (χ2n) is 4.19. The maximum absolute atomic E-state index is 9.60. The standard InChI is InChI=1S/C5H13N.C4H8O2.C3H8/c1-4-5(2,3)6;1-2-3-4(5)6;1-3-2/h4,6H2,1-3H3;2-3H2,1H3,(H,5,6);3H2,1-2H3. The first-order chi connectivity index (χ1) is 6.74. The first-order valence-electron chi connectivity index (χ1n) is 5.75. The van der Waals surface area contributed by atoms with Crippen molar-refractivity contribution >= 4 is 5.97 Å². The summed E-state index contributed by atoms with van der Waals surface area (Å²) in [5.41, 5.74) is 5.58. The topological polar surface area (TPSA) is 63.3 Å². The molecule has 3 N–H and O–H groups in total. The monoisotopic (exact) mass is 219 g/mol. The fourth-order valence-corrected chi connectivity index (χ4v) is 0.214. The largest absolute Gasteiger partial charge is 0.481 e. The molecule has 0 radical (unpaired) electrons. The molecule has 0 aromatic carbocycles. The molecule has 0 aromatic rings. The molecule has 0 amide bonds. The third kappa shape index (κ3) is 59.5. The third-order valence-corrected chi connectivity index (χ3v) is 1.38. The van der Waals surface area contributed by atoms with Crippen LogP contribution in [0.4, 0.5) is 0 Å². The molecule has 94 valence electrons. The van der Waals surface area contributed by atoms with Crippen molar-refractivity contribution in [3.8, 4) is 0 Å². The van der Waals surface area contributed by atoms with Gasteiger partial charge in [0.15, 0.2) is 0 Å². The average Bonchev–Trinajstić information content (AvgIpc) is 2.05. The van der Waals surface area contributed by atoms with Gasteiger partial charge >= 0.3 is 5.97 Å². The highest BCUT2D eigenvalue weighted by atomic mass is 16.4. The van der Waals surface area contributed by atoms with Crippen molar-refractivity contribution in [1.82, 2.24) is 0 Å². The van der Waals surface area contributed by atoms with Gasteiger partial charge in [-0.1, -0.05) is 34.1 Å². The van der Waals surface area contributed by atoms with E-state index in [9.17, 15) is 4.79 Å². The van der Waals surface area contributed by atoms with Crippen LogP contribution in [0.5, 0.6) is 0 Å². The number of aliphatic carboxylic acids is 1. The maximum atomic E-state index is 9.60. The fourth-order valence-electron chi connectivity index (χ4n) is 0.214. The zero-order chi connectivity index (χ0) is 12.9. The number of carboxylic acid groups (broad SMARTS) is 1. The average molecular weight is 219 g/mol. The van der Waals surface area contributed by atoms with Crippen LogP contribution in [0, 0.1) is 0 Å². The van der Waals surface area contributed by atoms with E-state index in [4.69, 9.17) is 10.8 Å². The van der Waals surface area contributed by atoms with E-state index in [1.165, 1.54) is 6.42 Å².